The minimum Gasteiger partial charge on any atom is -0.271 e. The third kappa shape index (κ3) is 2.82. The molecule has 2 aliphatic carbocycles. The summed E-state index contributed by atoms with van der Waals surface area (Å²) in [6, 6.07) is 2.14. The number of amidine groups is 1. The van der Waals surface area contributed by atoms with Gasteiger partial charge in [0.1, 0.15) is 12.0 Å². The summed E-state index contributed by atoms with van der Waals surface area (Å²) in [6.07, 6.45) is 16.4. The molecule has 0 aromatic carbocycles. The molecule has 2 unspecified atom stereocenters. The van der Waals surface area contributed by atoms with Crippen LogP contribution >= 0.6 is 0 Å². The zero-order valence-corrected chi connectivity index (χ0v) is 11.6. The molecule has 3 aliphatic rings. The lowest BCUT2D eigenvalue weighted by molar-refractivity contribution is -0.118. The van der Waals surface area contributed by atoms with Crippen LogP contribution in [0.15, 0.2) is 58.1 Å². The van der Waals surface area contributed by atoms with Gasteiger partial charge in [0.15, 0.2) is 5.84 Å². The average Bonchev–Trinajstić information content (AvgIpc) is 2.53. The first-order valence-electron chi connectivity index (χ1n) is 7.11. The van der Waals surface area contributed by atoms with Crippen LogP contribution in [0.1, 0.15) is 19.3 Å². The molecule has 2 atom stereocenters. The van der Waals surface area contributed by atoms with E-state index in [9.17, 15) is 10.1 Å². The van der Waals surface area contributed by atoms with E-state index in [1.165, 1.54) is 0 Å². The summed E-state index contributed by atoms with van der Waals surface area (Å²) >= 11 is 0. The summed E-state index contributed by atoms with van der Waals surface area (Å²) in [5, 5.41) is 9.36. The highest BCUT2D eigenvalue weighted by molar-refractivity contribution is 6.25. The quantitative estimate of drug-likeness (QED) is 0.575. The van der Waals surface area contributed by atoms with Crippen molar-refractivity contribution in [3.8, 4) is 6.07 Å². The van der Waals surface area contributed by atoms with Crippen LogP contribution in [0.2, 0.25) is 0 Å². The first-order valence-corrected chi connectivity index (χ1v) is 7.11. The van der Waals surface area contributed by atoms with Crippen LogP contribution in [0.25, 0.3) is 0 Å². The number of aliphatic imine (C=N–C) groups is 2. The Bertz CT molecular complexity index is 683. The van der Waals surface area contributed by atoms with E-state index in [0.717, 1.165) is 19.3 Å². The zero-order valence-electron chi connectivity index (χ0n) is 11.6. The van der Waals surface area contributed by atoms with E-state index in [4.69, 9.17) is 0 Å². The molecule has 4 nitrogen and oxygen atoms in total. The fourth-order valence-electron chi connectivity index (χ4n) is 2.65. The number of amides is 1. The van der Waals surface area contributed by atoms with Crippen LogP contribution < -0.4 is 0 Å². The summed E-state index contributed by atoms with van der Waals surface area (Å²) in [4.78, 5) is 20.4. The number of rotatable bonds is 2. The number of allylic oxidation sites excluding steroid dienone is 6. The van der Waals surface area contributed by atoms with E-state index >= 15 is 0 Å². The van der Waals surface area contributed by atoms with Crippen molar-refractivity contribution in [2.75, 3.05) is 0 Å². The largest absolute Gasteiger partial charge is 0.271 e. The Kier molecular flexibility index (Phi) is 3.74. The highest BCUT2D eigenvalue weighted by Crippen LogP contribution is 2.23. The Morgan fingerprint density at radius 1 is 1.33 bits per heavy atom. The molecule has 3 rings (SSSR count). The van der Waals surface area contributed by atoms with E-state index in [1.54, 1.807) is 12.2 Å². The van der Waals surface area contributed by atoms with Crippen molar-refractivity contribution in [3.05, 3.63) is 48.1 Å². The van der Waals surface area contributed by atoms with Crippen LogP contribution in [0.5, 0.6) is 0 Å². The molecule has 0 N–H and O–H groups in total. The number of nitrogens with zero attached hydrogens (tertiary/aromatic N) is 3. The first-order chi connectivity index (χ1) is 10.3. The summed E-state index contributed by atoms with van der Waals surface area (Å²) in [5.74, 6) is -0.0676. The second kappa shape index (κ2) is 5.84. The number of carbonyl (C=O) groups is 1. The van der Waals surface area contributed by atoms with Crippen molar-refractivity contribution >= 4 is 17.5 Å². The Morgan fingerprint density at radius 2 is 2.24 bits per heavy atom. The monoisotopic (exact) mass is 277 g/mol. The normalized spacial score (nSPS) is 27.8. The van der Waals surface area contributed by atoms with Gasteiger partial charge in [0.2, 0.25) is 0 Å². The predicted molar refractivity (Wildman–Crippen MR) is 81.8 cm³/mol. The van der Waals surface area contributed by atoms with E-state index in [0.29, 0.717) is 17.2 Å². The van der Waals surface area contributed by atoms with E-state index < -0.39 is 5.92 Å². The lowest BCUT2D eigenvalue weighted by Crippen LogP contribution is -2.27. The smallest absolute Gasteiger partial charge is 0.260 e. The van der Waals surface area contributed by atoms with Gasteiger partial charge in [-0.1, -0.05) is 36.5 Å². The molecule has 0 saturated heterocycles. The molecule has 1 heterocycles. The van der Waals surface area contributed by atoms with E-state index in [1.807, 2.05) is 18.2 Å². The fourth-order valence-corrected chi connectivity index (χ4v) is 2.65. The molecule has 0 bridgehead atoms. The van der Waals surface area contributed by atoms with Crippen molar-refractivity contribution in [2.45, 2.75) is 19.3 Å². The maximum atomic E-state index is 12.1. The SMILES string of the molecule is N#C/C(=C\C1CC=CCC1)C1=NC(=O)C2C=CC=CC2=N1. The van der Waals surface area contributed by atoms with Crippen LogP contribution in [-0.2, 0) is 4.79 Å². The third-order valence-electron chi connectivity index (χ3n) is 3.79. The number of hydrogen-bond donors (Lipinski definition) is 0. The highest BCUT2D eigenvalue weighted by atomic mass is 16.1. The van der Waals surface area contributed by atoms with E-state index in [-0.39, 0.29) is 11.7 Å². The summed E-state index contributed by atoms with van der Waals surface area (Å²) in [5.41, 5.74) is 1.06. The number of carbonyl (C=O) groups excluding carboxylic acids is 1. The Morgan fingerprint density at radius 3 is 3.00 bits per heavy atom. The number of nitriles is 1. The van der Waals surface area contributed by atoms with Crippen LogP contribution in [0.4, 0.5) is 0 Å². The second-order valence-corrected chi connectivity index (χ2v) is 5.27. The lowest BCUT2D eigenvalue weighted by Gasteiger charge is -2.18. The summed E-state index contributed by atoms with van der Waals surface area (Å²) < 4.78 is 0. The zero-order chi connectivity index (χ0) is 14.7. The van der Waals surface area contributed by atoms with Gasteiger partial charge >= 0.3 is 0 Å². The third-order valence-corrected chi connectivity index (χ3v) is 3.79. The van der Waals surface area contributed by atoms with Gasteiger partial charge in [0.05, 0.1) is 11.3 Å². The predicted octanol–water partition coefficient (Wildman–Crippen LogP) is 2.91. The minimum atomic E-state index is -0.392. The van der Waals surface area contributed by atoms with Gasteiger partial charge in [-0.3, -0.25) is 4.79 Å². The maximum Gasteiger partial charge on any atom is 0.260 e. The van der Waals surface area contributed by atoms with Crippen molar-refractivity contribution in [1.82, 2.24) is 0 Å². The van der Waals surface area contributed by atoms with Gasteiger partial charge in [0, 0.05) is 0 Å². The van der Waals surface area contributed by atoms with Gasteiger partial charge in [-0.05, 0) is 31.3 Å². The number of fused-ring (bicyclic) bond motifs is 1. The topological polar surface area (TPSA) is 65.6 Å². The standard InChI is InChI=1S/C17H15N3O/c18-11-13(10-12-6-2-1-3-7-12)16-19-15-9-5-4-8-14(15)17(21)20-16/h1-2,4-5,8-10,12,14H,3,6-7H2/b13-10+. The molecule has 0 radical (unpaired) electrons. The van der Waals surface area contributed by atoms with Crippen molar-refractivity contribution in [1.29, 1.82) is 5.26 Å². The molecular weight excluding hydrogens is 262 g/mol. The molecule has 104 valence electrons. The van der Waals surface area contributed by atoms with Crippen molar-refractivity contribution < 1.29 is 4.79 Å². The number of hydrogen-bond acceptors (Lipinski definition) is 3. The molecule has 1 amide bonds. The lowest BCUT2D eigenvalue weighted by atomic mass is 9.91. The fraction of sp³-hybridized carbons (Fsp3) is 0.294. The highest BCUT2D eigenvalue weighted by Gasteiger charge is 2.27. The molecule has 0 aromatic heterocycles. The van der Waals surface area contributed by atoms with Gasteiger partial charge < -0.3 is 0 Å². The molecule has 21 heavy (non-hydrogen) atoms. The Hall–Kier alpha value is -2.54. The average molecular weight is 277 g/mol. The molecule has 0 fully saturated rings. The molecule has 0 saturated carbocycles. The maximum absolute atomic E-state index is 12.1. The van der Waals surface area contributed by atoms with Crippen LogP contribution in [0.3, 0.4) is 0 Å². The summed E-state index contributed by atoms with van der Waals surface area (Å²) in [6.45, 7) is 0. The van der Waals surface area contributed by atoms with Crippen LogP contribution in [0, 0.1) is 23.2 Å². The summed E-state index contributed by atoms with van der Waals surface area (Å²) in [7, 11) is 0. The molecule has 0 spiro atoms. The van der Waals surface area contributed by atoms with Crippen LogP contribution in [-0.4, -0.2) is 17.5 Å². The van der Waals surface area contributed by atoms with Gasteiger partial charge in [0.25, 0.3) is 5.91 Å². The van der Waals surface area contributed by atoms with Gasteiger partial charge in [-0.15, -0.1) is 0 Å². The Labute approximate surface area is 123 Å². The molecular formula is C17H15N3O. The van der Waals surface area contributed by atoms with Crippen molar-refractivity contribution in [2.24, 2.45) is 21.8 Å². The molecule has 1 aliphatic heterocycles. The minimum absolute atomic E-state index is 0.250. The van der Waals surface area contributed by atoms with Gasteiger partial charge in [-0.2, -0.15) is 10.3 Å². The van der Waals surface area contributed by atoms with E-state index in [2.05, 4.69) is 28.2 Å². The van der Waals surface area contributed by atoms with Gasteiger partial charge in [-0.25, -0.2) is 4.99 Å². The molecule has 4 heteroatoms. The molecule has 0 aromatic rings. The second-order valence-electron chi connectivity index (χ2n) is 5.27. The van der Waals surface area contributed by atoms with Crippen molar-refractivity contribution in [3.63, 3.8) is 0 Å². The first kappa shape index (κ1) is 13.4. The Balaban J connectivity index is 1.90.